The van der Waals surface area contributed by atoms with Gasteiger partial charge >= 0.3 is 0 Å². The second-order valence-electron chi connectivity index (χ2n) is 30.6. The molecule has 0 unspecified atom stereocenters. The van der Waals surface area contributed by atoms with E-state index in [4.69, 9.17) is 29.9 Å². The predicted octanol–water partition coefficient (Wildman–Crippen LogP) is 30.1. The molecule has 0 amide bonds. The van der Waals surface area contributed by atoms with Crippen molar-refractivity contribution in [1.29, 1.82) is 0 Å². The van der Waals surface area contributed by atoms with Gasteiger partial charge in [0.05, 0.1) is 45.2 Å². The second kappa shape index (κ2) is 35.6. The molecule has 0 atom stereocenters. The molecule has 0 aliphatic rings. The van der Waals surface area contributed by atoms with Gasteiger partial charge in [-0.3, -0.25) is 4.98 Å². The van der Waals surface area contributed by atoms with Crippen LogP contribution in [0.2, 0.25) is 0 Å². The smallest absolute Gasteiger partial charge is 0.160 e. The Morgan fingerprint density at radius 3 is 0.728 bits per heavy atom. The van der Waals surface area contributed by atoms with Crippen molar-refractivity contribution >= 4 is 32.6 Å². The number of nitrogens with zero attached hydrogens (tertiary/aromatic N) is 8. The Labute approximate surface area is 726 Å². The number of rotatable bonds is 16. The van der Waals surface area contributed by atoms with Crippen molar-refractivity contribution in [2.75, 3.05) is 0 Å². The van der Waals surface area contributed by atoms with E-state index in [1.807, 2.05) is 66.9 Å². The summed E-state index contributed by atoms with van der Waals surface area (Å²) in [4.78, 5) is 35.5. The molecule has 0 aliphatic carbocycles. The van der Waals surface area contributed by atoms with Crippen LogP contribution in [-0.4, -0.2) is 39.5 Å². The first-order valence-corrected chi connectivity index (χ1v) is 42.1. The summed E-state index contributed by atoms with van der Waals surface area (Å²) in [5.74, 6) is 2.11. The van der Waals surface area contributed by atoms with Crippen LogP contribution in [0.4, 0.5) is 0 Å². The maximum atomic E-state index is 5.25. The average Bonchev–Trinajstić information content (AvgIpc) is 1.66. The Balaban J connectivity index is 0.000000120. The lowest BCUT2D eigenvalue weighted by molar-refractivity contribution is 1.18. The number of para-hydroxylation sites is 2. The van der Waals surface area contributed by atoms with E-state index < -0.39 is 0 Å². The molecule has 588 valence electrons. The molecule has 8 heteroatoms. The molecule has 5 heterocycles. The van der Waals surface area contributed by atoms with Crippen LogP contribution in [0.1, 0.15) is 0 Å². The highest BCUT2D eigenvalue weighted by atomic mass is 15.0. The van der Waals surface area contributed by atoms with E-state index in [0.717, 1.165) is 146 Å². The normalized spacial score (nSPS) is 11.0. The number of benzene rings is 17. The van der Waals surface area contributed by atoms with E-state index in [1.54, 1.807) is 6.20 Å². The molecule has 0 N–H and O–H groups in total. The summed E-state index contributed by atoms with van der Waals surface area (Å²) in [6.07, 6.45) is 3.66. The maximum absolute atomic E-state index is 5.25. The van der Waals surface area contributed by atoms with Crippen LogP contribution in [0.25, 0.3) is 207 Å². The molecular formula is C117H80N8. The number of aromatic nitrogens is 8. The SMILES string of the molecule is c1ccc(-c2nc(-c3ccc(-c4ccc(-n5c6ccccc6c6ccccc65)cc4)cc3)nc(-c3ccccc3)c2-c2ccccc2)cc1.c1ccc(-c2nc(-c3ccc(-c4cccc5ccccc45)cc3)nc(-c3ccccc3)c2-c2ccccc2)cc1.c1ccc(-c2nc(-c3ccc(-c4cccnc4)cc3)nc(-c3ccccc3)c2-c2ccccc2)cc1. The molecule has 22 rings (SSSR count). The summed E-state index contributed by atoms with van der Waals surface area (Å²) in [5.41, 5.74) is 31.6. The summed E-state index contributed by atoms with van der Waals surface area (Å²) in [5, 5.41) is 5.02. The third-order valence-corrected chi connectivity index (χ3v) is 22.8. The minimum absolute atomic E-state index is 0.699. The molecule has 22 aromatic rings. The van der Waals surface area contributed by atoms with Gasteiger partial charge in [0, 0.05) is 95.6 Å². The van der Waals surface area contributed by atoms with Crippen molar-refractivity contribution in [1.82, 2.24) is 39.5 Å². The minimum Gasteiger partial charge on any atom is -0.309 e. The summed E-state index contributed by atoms with van der Waals surface area (Å²) < 4.78 is 2.35. The van der Waals surface area contributed by atoms with Gasteiger partial charge in [-0.1, -0.05) is 443 Å². The topological polar surface area (TPSA) is 95.2 Å². The third-order valence-electron chi connectivity index (χ3n) is 22.8. The number of pyridine rings is 1. The van der Waals surface area contributed by atoms with Gasteiger partial charge in [-0.05, 0) is 91.2 Å². The van der Waals surface area contributed by atoms with Crippen molar-refractivity contribution in [3.63, 3.8) is 0 Å². The van der Waals surface area contributed by atoms with Crippen molar-refractivity contribution in [2.24, 2.45) is 0 Å². The maximum Gasteiger partial charge on any atom is 0.160 e. The zero-order valence-corrected chi connectivity index (χ0v) is 68.3. The fourth-order valence-corrected chi connectivity index (χ4v) is 16.7. The zero-order chi connectivity index (χ0) is 83.5. The fraction of sp³-hybridized carbons (Fsp3) is 0. The Morgan fingerprint density at radius 2 is 0.408 bits per heavy atom. The van der Waals surface area contributed by atoms with Gasteiger partial charge in [-0.15, -0.1) is 0 Å². The molecule has 17 aromatic carbocycles. The van der Waals surface area contributed by atoms with Crippen molar-refractivity contribution in [2.45, 2.75) is 0 Å². The quantitative estimate of drug-likeness (QED) is 0.0951. The number of hydrogen-bond donors (Lipinski definition) is 0. The summed E-state index contributed by atoms with van der Waals surface area (Å²) in [7, 11) is 0. The monoisotopic (exact) mass is 1600 g/mol. The van der Waals surface area contributed by atoms with Crippen LogP contribution in [0.5, 0.6) is 0 Å². The van der Waals surface area contributed by atoms with Crippen LogP contribution < -0.4 is 0 Å². The van der Waals surface area contributed by atoms with Crippen molar-refractivity contribution in [3.05, 3.63) is 486 Å². The van der Waals surface area contributed by atoms with E-state index >= 15 is 0 Å². The van der Waals surface area contributed by atoms with Crippen LogP contribution in [0.3, 0.4) is 0 Å². The zero-order valence-electron chi connectivity index (χ0n) is 68.3. The van der Waals surface area contributed by atoms with Gasteiger partial charge < -0.3 is 4.57 Å². The lowest BCUT2D eigenvalue weighted by Gasteiger charge is -2.17. The van der Waals surface area contributed by atoms with Crippen LogP contribution >= 0.6 is 0 Å². The standard InChI is InChI=1S/C46H31N3.C38H26N2.C33H23N3/c1-4-14-34(15-5-1)43-44(35-16-6-2-7-17-35)47-46(48-45(43)36-18-8-3-9-19-36)37-26-24-32(25-27-37)33-28-30-38(31-29-33)49-41-22-12-10-20-39(41)40-21-11-13-23-42(40)49;1-4-14-29(15-5-1)35-36(30-16-6-2-7-17-30)39-38(40-37(35)31-18-8-3-9-19-31)32-25-23-28(24-26-32)34-22-12-20-27-13-10-11-21-33(27)34;1-4-11-25(12-5-1)30-31(26-13-6-2-7-14-26)35-33(36-32(30)27-15-8-3-9-16-27)28-20-18-24(19-21-28)29-17-10-22-34-23-29/h1-31H;1-26H;1-23H. The molecule has 5 aromatic heterocycles. The molecule has 0 aliphatic heterocycles. The molecular weight excluding hydrogens is 1520 g/mol. The summed E-state index contributed by atoms with van der Waals surface area (Å²) >= 11 is 0. The van der Waals surface area contributed by atoms with Crippen molar-refractivity contribution < 1.29 is 0 Å². The van der Waals surface area contributed by atoms with Gasteiger partial charge in [0.15, 0.2) is 17.5 Å². The van der Waals surface area contributed by atoms with E-state index in [0.29, 0.717) is 17.5 Å². The van der Waals surface area contributed by atoms with E-state index in [-0.39, 0.29) is 0 Å². The largest absolute Gasteiger partial charge is 0.309 e. The summed E-state index contributed by atoms with van der Waals surface area (Å²) in [6, 6.07) is 164. The molecule has 8 nitrogen and oxygen atoms in total. The lowest BCUT2D eigenvalue weighted by Crippen LogP contribution is -2.00. The van der Waals surface area contributed by atoms with E-state index in [2.05, 4.69) is 422 Å². The van der Waals surface area contributed by atoms with Gasteiger partial charge in [-0.25, -0.2) is 29.9 Å². The van der Waals surface area contributed by atoms with E-state index in [1.165, 1.54) is 43.7 Å². The molecule has 0 saturated heterocycles. The van der Waals surface area contributed by atoms with Gasteiger partial charge in [0.2, 0.25) is 0 Å². The fourth-order valence-electron chi connectivity index (χ4n) is 16.7. The second-order valence-corrected chi connectivity index (χ2v) is 30.6. The number of fused-ring (bicyclic) bond motifs is 4. The molecule has 0 radical (unpaired) electrons. The number of hydrogen-bond acceptors (Lipinski definition) is 7. The average molecular weight is 1600 g/mol. The molecule has 0 bridgehead atoms. The molecule has 125 heavy (non-hydrogen) atoms. The van der Waals surface area contributed by atoms with E-state index in [9.17, 15) is 0 Å². The predicted molar refractivity (Wildman–Crippen MR) is 517 cm³/mol. The molecule has 0 saturated carbocycles. The minimum atomic E-state index is 0.699. The molecule has 0 spiro atoms. The van der Waals surface area contributed by atoms with Gasteiger partial charge in [0.1, 0.15) is 0 Å². The Hall–Kier alpha value is -16.8. The first-order valence-electron chi connectivity index (χ1n) is 42.1. The summed E-state index contributed by atoms with van der Waals surface area (Å²) in [6.45, 7) is 0. The van der Waals surface area contributed by atoms with Crippen LogP contribution in [-0.2, 0) is 0 Å². The van der Waals surface area contributed by atoms with Crippen LogP contribution in [0, 0.1) is 0 Å². The molecule has 0 fully saturated rings. The Bertz CT molecular complexity index is 7220. The highest BCUT2D eigenvalue weighted by molar-refractivity contribution is 6.09. The van der Waals surface area contributed by atoms with Crippen LogP contribution in [0.15, 0.2) is 486 Å². The first kappa shape index (κ1) is 76.8. The van der Waals surface area contributed by atoms with Gasteiger partial charge in [-0.2, -0.15) is 0 Å². The van der Waals surface area contributed by atoms with Gasteiger partial charge in [0.25, 0.3) is 0 Å². The third kappa shape index (κ3) is 16.2. The highest BCUT2D eigenvalue weighted by Crippen LogP contribution is 2.45. The Kier molecular flexibility index (Phi) is 21.9. The van der Waals surface area contributed by atoms with Crippen molar-refractivity contribution in [3.8, 4) is 174 Å². The lowest BCUT2D eigenvalue weighted by atomic mass is 9.94. The Morgan fingerprint density at radius 1 is 0.160 bits per heavy atom. The highest BCUT2D eigenvalue weighted by Gasteiger charge is 2.25. The first-order chi connectivity index (χ1) is 62.0.